The largest absolute Gasteiger partial charge is 0.275 e. The highest BCUT2D eigenvalue weighted by Gasteiger charge is 2.24. The Morgan fingerprint density at radius 1 is 1.09 bits per heavy atom. The van der Waals surface area contributed by atoms with E-state index in [9.17, 15) is 14.0 Å². The summed E-state index contributed by atoms with van der Waals surface area (Å²) >= 11 is 0. The highest BCUT2D eigenvalue weighted by atomic mass is 19.1. The van der Waals surface area contributed by atoms with Crippen LogP contribution in [0.4, 0.5) is 10.1 Å². The number of rotatable bonds is 2. The summed E-state index contributed by atoms with van der Waals surface area (Å²) in [4.78, 5) is 28.3. The fourth-order valence-corrected chi connectivity index (χ4v) is 2.40. The molecule has 5 heteroatoms. The monoisotopic (exact) mass is 294 g/mol. The summed E-state index contributed by atoms with van der Waals surface area (Å²) in [6.07, 6.45) is 1.03. The minimum Gasteiger partial charge on any atom is -0.275 e. The Bertz CT molecular complexity index is 823. The second-order valence-electron chi connectivity index (χ2n) is 4.67. The Labute approximate surface area is 126 Å². The molecule has 2 aromatic rings. The van der Waals surface area contributed by atoms with Gasteiger partial charge < -0.3 is 0 Å². The number of aliphatic imine (C=N–C) groups is 1. The molecule has 0 aliphatic carbocycles. The van der Waals surface area contributed by atoms with E-state index in [0.717, 1.165) is 6.20 Å². The van der Waals surface area contributed by atoms with Crippen LogP contribution in [0.25, 0.3) is 0 Å². The number of nitrogens with zero attached hydrogens (tertiary/aromatic N) is 2. The minimum absolute atomic E-state index is 0.170. The van der Waals surface area contributed by atoms with Gasteiger partial charge in [0.1, 0.15) is 18.3 Å². The first-order valence-corrected chi connectivity index (χ1v) is 6.64. The summed E-state index contributed by atoms with van der Waals surface area (Å²) in [5.74, 6) is 0.821. The maximum atomic E-state index is 14.1. The van der Waals surface area contributed by atoms with Crippen molar-refractivity contribution < 1.29 is 14.0 Å². The number of carbonyl (C=O) groups excluding carboxylic acids is 2. The van der Waals surface area contributed by atoms with Gasteiger partial charge in [0.25, 0.3) is 5.91 Å². The lowest BCUT2D eigenvalue weighted by Crippen LogP contribution is -2.27. The molecule has 4 nitrogen and oxygen atoms in total. The predicted molar refractivity (Wildman–Crippen MR) is 81.1 cm³/mol. The summed E-state index contributed by atoms with van der Waals surface area (Å²) < 4.78 is 14.1. The Morgan fingerprint density at radius 3 is 2.50 bits per heavy atom. The van der Waals surface area contributed by atoms with Gasteiger partial charge in [-0.15, -0.1) is 0 Å². The van der Waals surface area contributed by atoms with E-state index < -0.39 is 5.82 Å². The summed E-state index contributed by atoms with van der Waals surface area (Å²) in [6, 6.07) is 13.2. The van der Waals surface area contributed by atoms with Crippen molar-refractivity contribution >= 4 is 23.2 Å². The van der Waals surface area contributed by atoms with Crippen molar-refractivity contribution in [2.45, 2.75) is 0 Å². The van der Waals surface area contributed by atoms with Gasteiger partial charge in [0.2, 0.25) is 0 Å². The van der Waals surface area contributed by atoms with Crippen LogP contribution >= 0.6 is 0 Å². The number of halogens is 1. The highest BCUT2D eigenvalue weighted by Crippen LogP contribution is 2.27. The number of fused-ring (bicyclic) bond motifs is 1. The fourth-order valence-electron chi connectivity index (χ4n) is 2.40. The zero-order valence-electron chi connectivity index (χ0n) is 11.5. The molecule has 0 fully saturated rings. The quantitative estimate of drug-likeness (QED) is 0.798. The zero-order chi connectivity index (χ0) is 15.5. The molecule has 0 aromatic heterocycles. The van der Waals surface area contributed by atoms with Gasteiger partial charge in [-0.3, -0.25) is 14.7 Å². The maximum absolute atomic E-state index is 14.1. The zero-order valence-corrected chi connectivity index (χ0v) is 11.5. The van der Waals surface area contributed by atoms with Gasteiger partial charge in [-0.25, -0.2) is 9.18 Å². The van der Waals surface area contributed by atoms with Crippen LogP contribution in [0.15, 0.2) is 59.7 Å². The lowest BCUT2D eigenvalue weighted by atomic mass is 10.00. The third kappa shape index (κ3) is 2.34. The van der Waals surface area contributed by atoms with E-state index in [0.29, 0.717) is 22.5 Å². The first kappa shape index (κ1) is 13.9. The molecule has 0 saturated carbocycles. The number of anilines is 1. The third-order valence-electron chi connectivity index (χ3n) is 3.37. The van der Waals surface area contributed by atoms with Crippen LogP contribution in [0, 0.1) is 5.82 Å². The molecule has 2 aromatic carbocycles. The molecule has 1 aliphatic heterocycles. The van der Waals surface area contributed by atoms with Crippen molar-refractivity contribution in [1.29, 1.82) is 0 Å². The predicted octanol–water partition coefficient (Wildman–Crippen LogP) is 2.36. The smallest absolute Gasteiger partial charge is 0.253 e. The molecule has 3 rings (SSSR count). The fraction of sp³-hybridized carbons (Fsp3) is 0.0588. The number of hydrogen-bond donors (Lipinski definition) is 0. The number of amides is 1. The van der Waals surface area contributed by atoms with Gasteiger partial charge in [0, 0.05) is 11.1 Å². The number of para-hydroxylation sites is 1. The lowest BCUT2D eigenvalue weighted by Gasteiger charge is -2.17. The molecular weight excluding hydrogens is 283 g/mol. The van der Waals surface area contributed by atoms with Gasteiger partial charge in [-0.05, 0) is 18.2 Å². The molecule has 108 valence electrons. The molecule has 0 saturated heterocycles. The molecule has 0 unspecified atom stereocenters. The summed E-state index contributed by atoms with van der Waals surface area (Å²) in [5.41, 5.74) is 1.78. The van der Waals surface area contributed by atoms with Crippen molar-refractivity contribution in [2.75, 3.05) is 11.4 Å². The van der Waals surface area contributed by atoms with E-state index in [-0.39, 0.29) is 12.5 Å². The topological polar surface area (TPSA) is 49.7 Å². The van der Waals surface area contributed by atoms with Crippen LogP contribution in [0.2, 0.25) is 0 Å². The second kappa shape index (κ2) is 5.76. The van der Waals surface area contributed by atoms with Crippen molar-refractivity contribution in [3.05, 3.63) is 71.7 Å². The average molecular weight is 294 g/mol. The molecule has 0 spiro atoms. The highest BCUT2D eigenvalue weighted by molar-refractivity contribution is 6.20. The number of benzene rings is 2. The second-order valence-corrected chi connectivity index (χ2v) is 4.67. The Balaban J connectivity index is 2.24. The average Bonchev–Trinajstić information content (AvgIpc) is 2.67. The first-order valence-electron chi connectivity index (χ1n) is 6.64. The van der Waals surface area contributed by atoms with Crippen molar-refractivity contribution in [1.82, 2.24) is 0 Å². The molecule has 1 heterocycles. The normalized spacial score (nSPS) is 13.8. The summed E-state index contributed by atoms with van der Waals surface area (Å²) in [6.45, 7) is -0.170. The molecular formula is C17H11FN2O2. The van der Waals surface area contributed by atoms with Crippen LogP contribution in [-0.4, -0.2) is 24.1 Å². The van der Waals surface area contributed by atoms with Crippen molar-refractivity contribution in [2.24, 2.45) is 4.99 Å². The van der Waals surface area contributed by atoms with Crippen LogP contribution in [0.3, 0.4) is 0 Å². The Kier molecular flexibility index (Phi) is 3.64. The van der Waals surface area contributed by atoms with Gasteiger partial charge in [0.15, 0.2) is 0 Å². The molecule has 1 amide bonds. The maximum Gasteiger partial charge on any atom is 0.253 e. The van der Waals surface area contributed by atoms with Crippen LogP contribution in [-0.2, 0) is 9.59 Å². The van der Waals surface area contributed by atoms with E-state index in [1.807, 2.05) is 0 Å². The van der Waals surface area contributed by atoms with Gasteiger partial charge in [-0.2, -0.15) is 0 Å². The number of hydrogen-bond acceptors (Lipinski definition) is 3. The molecule has 1 aliphatic rings. The van der Waals surface area contributed by atoms with E-state index in [4.69, 9.17) is 0 Å². The van der Waals surface area contributed by atoms with Crippen LogP contribution in [0.1, 0.15) is 11.1 Å². The lowest BCUT2D eigenvalue weighted by molar-refractivity contribution is -0.116. The van der Waals surface area contributed by atoms with Gasteiger partial charge in [0.05, 0.1) is 17.6 Å². The van der Waals surface area contributed by atoms with Crippen LogP contribution in [0.5, 0.6) is 0 Å². The summed E-state index contributed by atoms with van der Waals surface area (Å²) in [7, 11) is 0. The Morgan fingerprint density at radius 2 is 1.77 bits per heavy atom. The van der Waals surface area contributed by atoms with Crippen molar-refractivity contribution in [3.63, 3.8) is 0 Å². The third-order valence-corrected chi connectivity index (χ3v) is 3.37. The van der Waals surface area contributed by atoms with E-state index in [1.165, 1.54) is 11.0 Å². The van der Waals surface area contributed by atoms with E-state index in [1.54, 1.807) is 48.4 Å². The van der Waals surface area contributed by atoms with Crippen molar-refractivity contribution in [3.8, 4) is 0 Å². The van der Waals surface area contributed by atoms with E-state index >= 15 is 0 Å². The SMILES string of the molecule is O=C=CN1C(=O)CN=C(c2ccccc2F)c2ccccc21. The Hall–Kier alpha value is -3.04. The standard InChI is InChI=1S/C17H11FN2O2/c18-14-7-3-1-5-12(14)17-13-6-2-4-8-15(13)20(9-10-21)16(22)11-19-17/h1-9H,11H2. The molecule has 0 atom stereocenters. The molecule has 0 N–H and O–H groups in total. The molecule has 22 heavy (non-hydrogen) atoms. The minimum atomic E-state index is -0.414. The number of carbonyl (C=O) groups is 1. The van der Waals surface area contributed by atoms with Crippen LogP contribution < -0.4 is 4.90 Å². The van der Waals surface area contributed by atoms with E-state index in [2.05, 4.69) is 4.99 Å². The number of benzodiazepines with no additional fused rings is 1. The molecule has 0 bridgehead atoms. The van der Waals surface area contributed by atoms with Gasteiger partial charge in [-0.1, -0.05) is 30.3 Å². The summed E-state index contributed by atoms with van der Waals surface area (Å²) in [5, 5.41) is 0. The molecule has 0 radical (unpaired) electrons. The first-order chi connectivity index (χ1) is 10.7. The van der Waals surface area contributed by atoms with Gasteiger partial charge >= 0.3 is 0 Å².